The van der Waals surface area contributed by atoms with Gasteiger partial charge in [0.15, 0.2) is 5.82 Å². The second kappa shape index (κ2) is 9.91. The van der Waals surface area contributed by atoms with Gasteiger partial charge in [0, 0.05) is 22.7 Å². The monoisotopic (exact) mass is 524 g/mol. The standard InChI is InChI=1S/C24H18F6N4O3/c1-36-16-4-2-3-15(10-16)31-22(35)32-21-18-11-17(7-8-20(18)33-34-21)37-12-13-5-6-14(23(25,26)27)9-19(13)24(28,29)30/h2-11H,12H2,1H3,(H3,31,32,33,34,35). The number of aromatic nitrogens is 2. The van der Waals surface area contributed by atoms with Crippen LogP contribution in [-0.4, -0.2) is 23.3 Å². The van der Waals surface area contributed by atoms with Crippen molar-refractivity contribution in [3.63, 3.8) is 0 Å². The van der Waals surface area contributed by atoms with Gasteiger partial charge in [0.25, 0.3) is 0 Å². The molecular weight excluding hydrogens is 506 g/mol. The zero-order valence-corrected chi connectivity index (χ0v) is 18.9. The molecule has 0 saturated heterocycles. The number of carbonyl (C=O) groups is 1. The van der Waals surface area contributed by atoms with Crippen LogP contribution >= 0.6 is 0 Å². The molecule has 0 radical (unpaired) electrons. The number of aromatic amines is 1. The van der Waals surface area contributed by atoms with Crippen molar-refractivity contribution in [1.82, 2.24) is 10.2 Å². The molecule has 0 aliphatic carbocycles. The fraction of sp³-hybridized carbons (Fsp3) is 0.167. The largest absolute Gasteiger partial charge is 0.497 e. The third-order valence-corrected chi connectivity index (χ3v) is 5.23. The zero-order chi connectivity index (χ0) is 26.8. The molecule has 2 amide bonds. The zero-order valence-electron chi connectivity index (χ0n) is 18.9. The fourth-order valence-corrected chi connectivity index (χ4v) is 3.45. The Morgan fingerprint density at radius 3 is 2.41 bits per heavy atom. The molecule has 4 rings (SSSR count). The van der Waals surface area contributed by atoms with Gasteiger partial charge in [-0.05, 0) is 42.5 Å². The van der Waals surface area contributed by atoms with Crippen LogP contribution in [-0.2, 0) is 19.0 Å². The predicted molar refractivity (Wildman–Crippen MR) is 123 cm³/mol. The lowest BCUT2D eigenvalue weighted by atomic mass is 10.0. The van der Waals surface area contributed by atoms with E-state index >= 15 is 0 Å². The van der Waals surface area contributed by atoms with Gasteiger partial charge in [-0.15, -0.1) is 0 Å². The molecule has 0 aliphatic rings. The van der Waals surface area contributed by atoms with Crippen LogP contribution in [0.3, 0.4) is 0 Å². The number of rotatable bonds is 6. The summed E-state index contributed by atoms with van der Waals surface area (Å²) in [5.74, 6) is 0.760. The Morgan fingerprint density at radius 2 is 1.70 bits per heavy atom. The third-order valence-electron chi connectivity index (χ3n) is 5.23. The van der Waals surface area contributed by atoms with E-state index in [9.17, 15) is 31.1 Å². The van der Waals surface area contributed by atoms with Crippen LogP contribution in [0.4, 0.5) is 42.6 Å². The molecule has 7 nitrogen and oxygen atoms in total. The Morgan fingerprint density at radius 1 is 0.919 bits per heavy atom. The highest BCUT2D eigenvalue weighted by atomic mass is 19.4. The molecule has 13 heteroatoms. The van der Waals surface area contributed by atoms with Crippen molar-refractivity contribution in [1.29, 1.82) is 0 Å². The molecule has 0 fully saturated rings. The smallest absolute Gasteiger partial charge is 0.416 e. The molecule has 0 atom stereocenters. The minimum atomic E-state index is -5.01. The lowest BCUT2D eigenvalue weighted by Gasteiger charge is -2.16. The number of ether oxygens (including phenoxy) is 2. The molecular formula is C24H18F6N4O3. The molecule has 194 valence electrons. The van der Waals surface area contributed by atoms with Crippen LogP contribution in [0.2, 0.25) is 0 Å². The van der Waals surface area contributed by atoms with Crippen LogP contribution < -0.4 is 20.1 Å². The third kappa shape index (κ3) is 6.05. The van der Waals surface area contributed by atoms with E-state index in [1.807, 2.05) is 0 Å². The van der Waals surface area contributed by atoms with Crippen molar-refractivity contribution < 1.29 is 40.6 Å². The van der Waals surface area contributed by atoms with E-state index < -0.39 is 41.7 Å². The molecule has 0 saturated carbocycles. The maximum Gasteiger partial charge on any atom is 0.416 e. The average molecular weight is 524 g/mol. The van der Waals surface area contributed by atoms with Crippen molar-refractivity contribution >= 4 is 28.4 Å². The second-order valence-electron chi connectivity index (χ2n) is 7.75. The lowest BCUT2D eigenvalue weighted by Crippen LogP contribution is -2.19. The Hall–Kier alpha value is -4.42. The number of hydrogen-bond donors (Lipinski definition) is 3. The molecule has 4 aromatic rings. The summed E-state index contributed by atoms with van der Waals surface area (Å²) < 4.78 is 89.4. The summed E-state index contributed by atoms with van der Waals surface area (Å²) in [4.78, 5) is 12.4. The van der Waals surface area contributed by atoms with Gasteiger partial charge in [-0.3, -0.25) is 10.4 Å². The van der Waals surface area contributed by atoms with Crippen LogP contribution in [0, 0.1) is 0 Å². The summed E-state index contributed by atoms with van der Waals surface area (Å²) in [6, 6.07) is 11.8. The summed E-state index contributed by atoms with van der Waals surface area (Å²) >= 11 is 0. The average Bonchev–Trinajstić information content (AvgIpc) is 3.23. The highest BCUT2D eigenvalue weighted by molar-refractivity contribution is 6.04. The molecule has 3 aromatic carbocycles. The van der Waals surface area contributed by atoms with E-state index in [0.29, 0.717) is 28.4 Å². The van der Waals surface area contributed by atoms with E-state index in [1.54, 1.807) is 24.3 Å². The second-order valence-corrected chi connectivity index (χ2v) is 7.75. The highest BCUT2D eigenvalue weighted by Gasteiger charge is 2.38. The maximum absolute atomic E-state index is 13.4. The summed E-state index contributed by atoms with van der Waals surface area (Å²) in [5, 5.41) is 12.3. The normalized spacial score (nSPS) is 11.9. The topological polar surface area (TPSA) is 88.3 Å². The number of nitrogens with one attached hydrogen (secondary N) is 3. The first-order chi connectivity index (χ1) is 17.4. The van der Waals surface area contributed by atoms with Crippen LogP contribution in [0.5, 0.6) is 11.5 Å². The van der Waals surface area contributed by atoms with Gasteiger partial charge < -0.3 is 14.8 Å². The number of benzene rings is 3. The van der Waals surface area contributed by atoms with Crippen molar-refractivity contribution in [3.8, 4) is 11.5 Å². The number of alkyl halides is 6. The van der Waals surface area contributed by atoms with Gasteiger partial charge in [-0.1, -0.05) is 12.1 Å². The van der Waals surface area contributed by atoms with E-state index in [-0.39, 0.29) is 17.6 Å². The molecule has 37 heavy (non-hydrogen) atoms. The van der Waals surface area contributed by atoms with E-state index in [2.05, 4.69) is 20.8 Å². The summed E-state index contributed by atoms with van der Waals surface area (Å²) in [5.41, 5.74) is -2.37. The number of fused-ring (bicyclic) bond motifs is 1. The molecule has 0 aliphatic heterocycles. The lowest BCUT2D eigenvalue weighted by molar-refractivity contribution is -0.143. The van der Waals surface area contributed by atoms with Gasteiger partial charge >= 0.3 is 18.4 Å². The highest BCUT2D eigenvalue weighted by Crippen LogP contribution is 2.38. The van der Waals surface area contributed by atoms with Gasteiger partial charge in [0.1, 0.15) is 18.1 Å². The number of halogens is 6. The first-order valence-electron chi connectivity index (χ1n) is 10.5. The van der Waals surface area contributed by atoms with Crippen molar-refractivity contribution in [2.24, 2.45) is 0 Å². The Kier molecular flexibility index (Phi) is 6.88. The Bertz CT molecular complexity index is 1430. The fourth-order valence-electron chi connectivity index (χ4n) is 3.45. The first kappa shape index (κ1) is 25.7. The number of anilines is 2. The number of carbonyl (C=O) groups excluding carboxylic acids is 1. The van der Waals surface area contributed by atoms with Crippen LogP contribution in [0.25, 0.3) is 10.9 Å². The van der Waals surface area contributed by atoms with E-state index in [4.69, 9.17) is 9.47 Å². The minimum Gasteiger partial charge on any atom is -0.497 e. The quantitative estimate of drug-likeness (QED) is 0.241. The SMILES string of the molecule is COc1cccc(NC(=O)Nc2n[nH]c3ccc(OCc4ccc(C(F)(F)F)cc4C(F)(F)F)cc23)c1. The van der Waals surface area contributed by atoms with E-state index in [1.165, 1.54) is 25.3 Å². The molecule has 3 N–H and O–H groups in total. The number of hydrogen-bond acceptors (Lipinski definition) is 4. The van der Waals surface area contributed by atoms with E-state index in [0.717, 1.165) is 6.07 Å². The first-order valence-corrected chi connectivity index (χ1v) is 10.5. The maximum atomic E-state index is 13.4. The summed E-state index contributed by atoms with van der Waals surface area (Å²) in [6.07, 6.45) is -9.93. The molecule has 1 heterocycles. The number of urea groups is 1. The summed E-state index contributed by atoms with van der Waals surface area (Å²) in [7, 11) is 1.48. The van der Waals surface area contributed by atoms with Gasteiger partial charge in [0.2, 0.25) is 0 Å². The predicted octanol–water partition coefficient (Wildman–Crippen LogP) is 6.83. The molecule has 0 unspecified atom stereocenters. The number of methoxy groups -OCH3 is 1. The molecule has 0 bridgehead atoms. The van der Waals surface area contributed by atoms with Gasteiger partial charge in [0.05, 0.1) is 23.8 Å². The molecule has 0 spiro atoms. The Labute approximate surface area is 205 Å². The number of amides is 2. The van der Waals surface area contributed by atoms with Crippen molar-refractivity contribution in [2.75, 3.05) is 17.7 Å². The minimum absolute atomic E-state index is 0.0565. The summed E-state index contributed by atoms with van der Waals surface area (Å²) in [6.45, 7) is -0.643. The van der Waals surface area contributed by atoms with Crippen molar-refractivity contribution in [2.45, 2.75) is 19.0 Å². The number of nitrogens with zero attached hydrogens (tertiary/aromatic N) is 1. The van der Waals surface area contributed by atoms with Crippen molar-refractivity contribution in [3.05, 3.63) is 77.4 Å². The van der Waals surface area contributed by atoms with Gasteiger partial charge in [-0.2, -0.15) is 31.4 Å². The van der Waals surface area contributed by atoms with Crippen LogP contribution in [0.1, 0.15) is 16.7 Å². The van der Waals surface area contributed by atoms with Crippen LogP contribution in [0.15, 0.2) is 60.7 Å². The Balaban J connectivity index is 1.51. The number of H-pyrrole nitrogens is 1. The molecule has 1 aromatic heterocycles. The van der Waals surface area contributed by atoms with Gasteiger partial charge in [-0.25, -0.2) is 4.79 Å².